The fourth-order valence-corrected chi connectivity index (χ4v) is 3.59. The predicted molar refractivity (Wildman–Crippen MR) is 83.4 cm³/mol. The molecule has 4 nitrogen and oxygen atoms in total. The van der Waals surface area contributed by atoms with Gasteiger partial charge >= 0.3 is 0 Å². The summed E-state index contributed by atoms with van der Waals surface area (Å²) in [6, 6.07) is 8.20. The molecule has 8 heteroatoms. The molecule has 0 spiro atoms. The second-order valence-electron chi connectivity index (χ2n) is 4.34. The van der Waals surface area contributed by atoms with Crippen LogP contribution in [0.1, 0.15) is 5.56 Å². The molecule has 2 aromatic rings. The first-order valence-corrected chi connectivity index (χ1v) is 8.35. The topological polar surface area (TPSA) is 55.4 Å². The molecule has 0 bridgehead atoms. The van der Waals surface area contributed by atoms with Crippen molar-refractivity contribution in [3.8, 4) is 5.75 Å². The van der Waals surface area contributed by atoms with Crippen LogP contribution in [0, 0.1) is 5.82 Å². The van der Waals surface area contributed by atoms with Crippen LogP contribution in [0.4, 0.5) is 4.39 Å². The molecule has 0 aliphatic heterocycles. The van der Waals surface area contributed by atoms with Crippen LogP contribution in [-0.4, -0.2) is 15.5 Å². The molecule has 0 amide bonds. The van der Waals surface area contributed by atoms with Gasteiger partial charge in [-0.15, -0.1) is 0 Å². The van der Waals surface area contributed by atoms with Crippen LogP contribution in [0.5, 0.6) is 5.75 Å². The van der Waals surface area contributed by atoms with E-state index >= 15 is 0 Å². The molecule has 0 atom stereocenters. The van der Waals surface area contributed by atoms with Crippen molar-refractivity contribution in [3.05, 3.63) is 57.8 Å². The molecule has 0 aliphatic carbocycles. The molecule has 22 heavy (non-hydrogen) atoms. The number of nitrogens with one attached hydrogen (secondary N) is 1. The zero-order valence-corrected chi connectivity index (χ0v) is 13.8. The average molecular weight is 364 g/mol. The molecule has 0 unspecified atom stereocenters. The van der Waals surface area contributed by atoms with E-state index in [-0.39, 0.29) is 27.2 Å². The zero-order chi connectivity index (χ0) is 16.3. The first-order valence-electron chi connectivity index (χ1n) is 6.11. The predicted octanol–water partition coefficient (Wildman–Crippen LogP) is 3.62. The molecule has 2 rings (SSSR count). The Labute approximate surface area is 137 Å². The maximum atomic E-state index is 12.8. The third-order valence-electron chi connectivity index (χ3n) is 2.90. The Bertz CT molecular complexity index is 779. The van der Waals surface area contributed by atoms with E-state index in [0.717, 1.165) is 0 Å². The van der Waals surface area contributed by atoms with Gasteiger partial charge in [0, 0.05) is 6.54 Å². The SMILES string of the molecule is COc1ccc(S(=O)(=O)NCc2ccc(F)cc2)c(Cl)c1Cl. The Morgan fingerprint density at radius 2 is 1.73 bits per heavy atom. The van der Waals surface area contributed by atoms with Gasteiger partial charge in [0.15, 0.2) is 0 Å². The van der Waals surface area contributed by atoms with Crippen LogP contribution in [0.15, 0.2) is 41.3 Å². The largest absolute Gasteiger partial charge is 0.495 e. The number of halogens is 3. The Hall–Kier alpha value is -1.34. The molecule has 0 heterocycles. The summed E-state index contributed by atoms with van der Waals surface area (Å²) in [5, 5.41) is -0.0959. The first kappa shape index (κ1) is 17.0. The number of hydrogen-bond acceptors (Lipinski definition) is 3. The lowest BCUT2D eigenvalue weighted by Crippen LogP contribution is -2.23. The lowest BCUT2D eigenvalue weighted by Gasteiger charge is -2.11. The molecule has 1 N–H and O–H groups in total. The van der Waals surface area contributed by atoms with E-state index in [1.165, 1.54) is 43.5 Å². The molecule has 0 fully saturated rings. The standard InChI is InChI=1S/C14H12Cl2FNO3S/c1-21-11-6-7-12(14(16)13(11)15)22(19,20)18-8-9-2-4-10(17)5-3-9/h2-7,18H,8H2,1H3. The summed E-state index contributed by atoms with van der Waals surface area (Å²) < 4.78 is 44.7. The molecule has 0 aromatic heterocycles. The van der Waals surface area contributed by atoms with Gasteiger partial charge in [0.2, 0.25) is 10.0 Å². The number of hydrogen-bond donors (Lipinski definition) is 1. The van der Waals surface area contributed by atoms with Crippen molar-refractivity contribution in [1.29, 1.82) is 0 Å². The number of benzene rings is 2. The first-order chi connectivity index (χ1) is 10.3. The number of rotatable bonds is 5. The Morgan fingerprint density at radius 1 is 1.09 bits per heavy atom. The minimum Gasteiger partial charge on any atom is -0.495 e. The summed E-state index contributed by atoms with van der Waals surface area (Å²) in [5.41, 5.74) is 0.612. The molecular formula is C14H12Cl2FNO3S. The average Bonchev–Trinajstić information content (AvgIpc) is 2.49. The molecule has 0 saturated heterocycles. The summed E-state index contributed by atoms with van der Waals surface area (Å²) in [6.07, 6.45) is 0. The van der Waals surface area contributed by atoms with Crippen molar-refractivity contribution in [2.75, 3.05) is 7.11 Å². The van der Waals surface area contributed by atoms with Gasteiger partial charge in [0.1, 0.15) is 21.5 Å². The van der Waals surface area contributed by atoms with E-state index in [4.69, 9.17) is 27.9 Å². The van der Waals surface area contributed by atoms with Crippen LogP contribution in [0.25, 0.3) is 0 Å². The lowest BCUT2D eigenvalue weighted by atomic mass is 10.2. The van der Waals surface area contributed by atoms with Gasteiger partial charge in [-0.25, -0.2) is 17.5 Å². The second kappa shape index (κ2) is 6.83. The Morgan fingerprint density at radius 3 is 2.32 bits per heavy atom. The van der Waals surface area contributed by atoms with Crippen LogP contribution >= 0.6 is 23.2 Å². The molecule has 0 aliphatic rings. The third-order valence-corrected chi connectivity index (χ3v) is 5.32. The van der Waals surface area contributed by atoms with Gasteiger partial charge in [-0.1, -0.05) is 35.3 Å². The van der Waals surface area contributed by atoms with Crippen molar-refractivity contribution in [2.45, 2.75) is 11.4 Å². The maximum absolute atomic E-state index is 12.8. The van der Waals surface area contributed by atoms with E-state index < -0.39 is 15.8 Å². The zero-order valence-electron chi connectivity index (χ0n) is 11.4. The third kappa shape index (κ3) is 3.70. The fourth-order valence-electron chi connectivity index (χ4n) is 1.74. The fraction of sp³-hybridized carbons (Fsp3) is 0.143. The maximum Gasteiger partial charge on any atom is 0.242 e. The molecule has 118 valence electrons. The monoisotopic (exact) mass is 363 g/mol. The summed E-state index contributed by atoms with van der Waals surface area (Å²) in [5.74, 6) is -0.110. The quantitative estimate of drug-likeness (QED) is 0.882. The minimum atomic E-state index is -3.86. The van der Waals surface area contributed by atoms with Gasteiger partial charge < -0.3 is 4.74 Å². The van der Waals surface area contributed by atoms with Crippen LogP contribution in [-0.2, 0) is 16.6 Å². The van der Waals surface area contributed by atoms with E-state index in [1.54, 1.807) is 0 Å². The normalized spacial score (nSPS) is 11.5. The van der Waals surface area contributed by atoms with Crippen molar-refractivity contribution < 1.29 is 17.5 Å². The van der Waals surface area contributed by atoms with Crippen molar-refractivity contribution in [1.82, 2.24) is 4.72 Å². The highest BCUT2D eigenvalue weighted by Gasteiger charge is 2.21. The summed E-state index contributed by atoms with van der Waals surface area (Å²) >= 11 is 11.9. The van der Waals surface area contributed by atoms with Crippen molar-refractivity contribution in [3.63, 3.8) is 0 Å². The highest BCUT2D eigenvalue weighted by Crippen LogP contribution is 2.36. The van der Waals surface area contributed by atoms with Crippen LogP contribution in [0.3, 0.4) is 0 Å². The Balaban J connectivity index is 2.24. The van der Waals surface area contributed by atoms with Gasteiger partial charge in [0.05, 0.1) is 12.1 Å². The lowest BCUT2D eigenvalue weighted by molar-refractivity contribution is 0.414. The van der Waals surface area contributed by atoms with Crippen molar-refractivity contribution >= 4 is 33.2 Å². The molecule has 2 aromatic carbocycles. The number of methoxy groups -OCH3 is 1. The van der Waals surface area contributed by atoms with Gasteiger partial charge in [-0.2, -0.15) is 0 Å². The molecule has 0 radical (unpaired) electrons. The van der Waals surface area contributed by atoms with Gasteiger partial charge in [-0.3, -0.25) is 0 Å². The second-order valence-corrected chi connectivity index (χ2v) is 6.84. The minimum absolute atomic E-state index is 0.00257. The van der Waals surface area contributed by atoms with E-state index in [0.29, 0.717) is 5.56 Å². The van der Waals surface area contributed by atoms with Gasteiger partial charge in [0.25, 0.3) is 0 Å². The Kier molecular flexibility index (Phi) is 5.28. The summed E-state index contributed by atoms with van der Waals surface area (Å²) in [6.45, 7) is 0.00257. The van der Waals surface area contributed by atoms with E-state index in [1.807, 2.05) is 0 Å². The highest BCUT2D eigenvalue weighted by atomic mass is 35.5. The molecular weight excluding hydrogens is 352 g/mol. The summed E-state index contributed by atoms with van der Waals surface area (Å²) in [4.78, 5) is -0.151. The van der Waals surface area contributed by atoms with E-state index in [2.05, 4.69) is 4.72 Å². The van der Waals surface area contributed by atoms with Crippen LogP contribution in [0.2, 0.25) is 10.0 Å². The van der Waals surface area contributed by atoms with Crippen molar-refractivity contribution in [2.24, 2.45) is 0 Å². The summed E-state index contributed by atoms with van der Waals surface area (Å²) in [7, 11) is -2.46. The number of sulfonamides is 1. The number of ether oxygens (including phenoxy) is 1. The highest BCUT2D eigenvalue weighted by molar-refractivity contribution is 7.89. The van der Waals surface area contributed by atoms with Gasteiger partial charge in [-0.05, 0) is 29.8 Å². The van der Waals surface area contributed by atoms with Crippen LogP contribution < -0.4 is 9.46 Å². The van der Waals surface area contributed by atoms with E-state index in [9.17, 15) is 12.8 Å². The molecule has 0 saturated carbocycles. The smallest absolute Gasteiger partial charge is 0.242 e.